The molecule has 0 saturated carbocycles. The number of rotatable bonds is 6. The van der Waals surface area contributed by atoms with Crippen molar-refractivity contribution in [1.29, 1.82) is 0 Å². The molecule has 0 fully saturated rings. The molecule has 104 valence electrons. The highest BCUT2D eigenvalue weighted by molar-refractivity contribution is 5.90. The van der Waals surface area contributed by atoms with Gasteiger partial charge in [-0.2, -0.15) is 0 Å². The number of aryl methyl sites for hydroxylation is 1. The standard InChI is InChI=1S/C13H17NO5/c1-9-4-5-11(8-12(9)14(16)17)13(15)19-7-6-10(2)18-3/h4-5,8,10H,6-7H2,1-3H3/t10-/m0/s1. The topological polar surface area (TPSA) is 78.7 Å². The summed E-state index contributed by atoms with van der Waals surface area (Å²) in [7, 11) is 1.58. The Morgan fingerprint density at radius 2 is 2.16 bits per heavy atom. The summed E-state index contributed by atoms with van der Waals surface area (Å²) in [6.07, 6.45) is 0.580. The zero-order chi connectivity index (χ0) is 14.4. The molecule has 0 aliphatic carbocycles. The van der Waals surface area contributed by atoms with Gasteiger partial charge in [0.1, 0.15) is 0 Å². The van der Waals surface area contributed by atoms with Gasteiger partial charge < -0.3 is 9.47 Å². The highest BCUT2D eigenvalue weighted by Crippen LogP contribution is 2.19. The first-order chi connectivity index (χ1) is 8.95. The highest BCUT2D eigenvalue weighted by Gasteiger charge is 2.16. The molecule has 0 spiro atoms. The second kappa shape index (κ2) is 6.84. The van der Waals surface area contributed by atoms with E-state index in [1.807, 2.05) is 6.92 Å². The number of hydrogen-bond donors (Lipinski definition) is 0. The van der Waals surface area contributed by atoms with Gasteiger partial charge in [0.05, 0.1) is 23.2 Å². The zero-order valence-corrected chi connectivity index (χ0v) is 11.2. The number of benzene rings is 1. The molecule has 1 atom stereocenters. The first-order valence-electron chi connectivity index (χ1n) is 5.90. The fourth-order valence-electron chi connectivity index (χ4n) is 1.45. The van der Waals surface area contributed by atoms with Crippen molar-refractivity contribution in [2.24, 2.45) is 0 Å². The van der Waals surface area contributed by atoms with E-state index in [1.54, 1.807) is 14.0 Å². The Balaban J connectivity index is 2.67. The average Bonchev–Trinajstić information content (AvgIpc) is 2.38. The molecule has 6 heteroatoms. The van der Waals surface area contributed by atoms with E-state index in [0.29, 0.717) is 12.0 Å². The molecule has 0 N–H and O–H groups in total. The van der Waals surface area contributed by atoms with Crippen LogP contribution in [0.1, 0.15) is 29.3 Å². The third kappa shape index (κ3) is 4.33. The average molecular weight is 267 g/mol. The molecule has 0 heterocycles. The van der Waals surface area contributed by atoms with Crippen molar-refractivity contribution >= 4 is 11.7 Å². The molecule has 0 aromatic heterocycles. The predicted octanol–water partition coefficient (Wildman–Crippen LogP) is 2.49. The van der Waals surface area contributed by atoms with E-state index >= 15 is 0 Å². The van der Waals surface area contributed by atoms with Crippen LogP contribution in [0.2, 0.25) is 0 Å². The molecule has 0 unspecified atom stereocenters. The summed E-state index contributed by atoms with van der Waals surface area (Å²) in [5.41, 5.74) is 0.608. The number of hydrogen-bond acceptors (Lipinski definition) is 5. The largest absolute Gasteiger partial charge is 0.462 e. The smallest absolute Gasteiger partial charge is 0.338 e. The second-order valence-corrected chi connectivity index (χ2v) is 4.23. The van der Waals surface area contributed by atoms with E-state index in [-0.39, 0.29) is 24.0 Å². The highest BCUT2D eigenvalue weighted by atomic mass is 16.6. The van der Waals surface area contributed by atoms with Crippen LogP contribution in [0.3, 0.4) is 0 Å². The van der Waals surface area contributed by atoms with Crippen molar-refractivity contribution in [3.05, 3.63) is 39.4 Å². The molecule has 1 aromatic carbocycles. The Kier molecular flexibility index (Phi) is 5.44. The monoisotopic (exact) mass is 267 g/mol. The van der Waals surface area contributed by atoms with Crippen LogP contribution < -0.4 is 0 Å². The molecule has 6 nitrogen and oxygen atoms in total. The predicted molar refractivity (Wildman–Crippen MR) is 69.2 cm³/mol. The van der Waals surface area contributed by atoms with E-state index in [4.69, 9.17) is 9.47 Å². The molecule has 0 saturated heterocycles. The molecule has 0 radical (unpaired) electrons. The van der Waals surface area contributed by atoms with Gasteiger partial charge in [0.25, 0.3) is 5.69 Å². The molecule has 0 aliphatic heterocycles. The molecule has 1 rings (SSSR count). The van der Waals surface area contributed by atoms with Crippen LogP contribution in [0.5, 0.6) is 0 Å². The van der Waals surface area contributed by atoms with Crippen LogP contribution >= 0.6 is 0 Å². The minimum Gasteiger partial charge on any atom is -0.462 e. The maximum atomic E-state index is 11.7. The van der Waals surface area contributed by atoms with Crippen molar-refractivity contribution in [2.75, 3.05) is 13.7 Å². The van der Waals surface area contributed by atoms with Crippen LogP contribution in [0.25, 0.3) is 0 Å². The van der Waals surface area contributed by atoms with Crippen LogP contribution in [-0.4, -0.2) is 30.7 Å². The Morgan fingerprint density at radius 3 is 2.74 bits per heavy atom. The zero-order valence-electron chi connectivity index (χ0n) is 11.2. The lowest BCUT2D eigenvalue weighted by molar-refractivity contribution is -0.385. The van der Waals surface area contributed by atoms with Gasteiger partial charge >= 0.3 is 5.97 Å². The third-order valence-electron chi connectivity index (χ3n) is 2.80. The lowest BCUT2D eigenvalue weighted by atomic mass is 10.1. The summed E-state index contributed by atoms with van der Waals surface area (Å²) < 4.78 is 10.1. The SMILES string of the molecule is CO[C@@H](C)CCOC(=O)c1ccc(C)c([N+](=O)[O-])c1. The van der Waals surface area contributed by atoms with Crippen molar-refractivity contribution in [2.45, 2.75) is 26.4 Å². The van der Waals surface area contributed by atoms with Crippen LogP contribution in [0.15, 0.2) is 18.2 Å². The van der Waals surface area contributed by atoms with E-state index < -0.39 is 10.9 Å². The lowest BCUT2D eigenvalue weighted by Gasteiger charge is -2.09. The normalized spacial score (nSPS) is 11.9. The summed E-state index contributed by atoms with van der Waals surface area (Å²) in [5.74, 6) is -0.564. The maximum absolute atomic E-state index is 11.7. The van der Waals surface area contributed by atoms with Gasteiger partial charge in [0.2, 0.25) is 0 Å². The van der Waals surface area contributed by atoms with Crippen molar-refractivity contribution < 1.29 is 19.2 Å². The summed E-state index contributed by atoms with van der Waals surface area (Å²) >= 11 is 0. The molecule has 19 heavy (non-hydrogen) atoms. The Labute approximate surface area is 111 Å². The van der Waals surface area contributed by atoms with Gasteiger partial charge in [-0.25, -0.2) is 4.79 Å². The third-order valence-corrected chi connectivity index (χ3v) is 2.80. The number of nitrogens with zero attached hydrogens (tertiary/aromatic N) is 1. The number of esters is 1. The molecule has 0 aliphatic rings. The Bertz CT molecular complexity index is 472. The van der Waals surface area contributed by atoms with Gasteiger partial charge in [-0.05, 0) is 19.9 Å². The molecule has 0 amide bonds. The Morgan fingerprint density at radius 1 is 1.47 bits per heavy atom. The molecular formula is C13H17NO5. The summed E-state index contributed by atoms with van der Waals surface area (Å²) in [4.78, 5) is 22.0. The van der Waals surface area contributed by atoms with Crippen molar-refractivity contribution in [1.82, 2.24) is 0 Å². The summed E-state index contributed by atoms with van der Waals surface area (Å²) in [5, 5.41) is 10.8. The number of nitro groups is 1. The minimum atomic E-state index is -0.564. The number of carbonyl (C=O) groups is 1. The minimum absolute atomic E-state index is 0.000143. The van der Waals surface area contributed by atoms with Gasteiger partial charge in [-0.3, -0.25) is 10.1 Å². The van der Waals surface area contributed by atoms with Gasteiger partial charge in [-0.15, -0.1) is 0 Å². The molecule has 0 bridgehead atoms. The summed E-state index contributed by atoms with van der Waals surface area (Å²) in [6, 6.07) is 4.29. The van der Waals surface area contributed by atoms with Crippen LogP contribution in [0, 0.1) is 17.0 Å². The van der Waals surface area contributed by atoms with Gasteiger partial charge in [0, 0.05) is 25.2 Å². The van der Waals surface area contributed by atoms with Gasteiger partial charge in [-0.1, -0.05) is 6.07 Å². The molecule has 1 aromatic rings. The second-order valence-electron chi connectivity index (χ2n) is 4.23. The summed E-state index contributed by atoms with van der Waals surface area (Å²) in [6.45, 7) is 3.70. The van der Waals surface area contributed by atoms with E-state index in [2.05, 4.69) is 0 Å². The quantitative estimate of drug-likeness (QED) is 0.449. The number of ether oxygens (including phenoxy) is 2. The molecular weight excluding hydrogens is 250 g/mol. The van der Waals surface area contributed by atoms with E-state index in [1.165, 1.54) is 18.2 Å². The van der Waals surface area contributed by atoms with Crippen LogP contribution in [0.4, 0.5) is 5.69 Å². The van der Waals surface area contributed by atoms with Crippen molar-refractivity contribution in [3.63, 3.8) is 0 Å². The van der Waals surface area contributed by atoms with Crippen molar-refractivity contribution in [3.8, 4) is 0 Å². The number of methoxy groups -OCH3 is 1. The first kappa shape index (κ1) is 15.1. The van der Waals surface area contributed by atoms with Gasteiger partial charge in [0.15, 0.2) is 0 Å². The van der Waals surface area contributed by atoms with Crippen LogP contribution in [-0.2, 0) is 9.47 Å². The lowest BCUT2D eigenvalue weighted by Crippen LogP contribution is -2.13. The van der Waals surface area contributed by atoms with E-state index in [9.17, 15) is 14.9 Å². The number of carbonyl (C=O) groups excluding carboxylic acids is 1. The van der Waals surface area contributed by atoms with E-state index in [0.717, 1.165) is 0 Å². The number of nitro benzene ring substituents is 1. The fraction of sp³-hybridized carbons (Fsp3) is 0.462. The first-order valence-corrected chi connectivity index (χ1v) is 5.90. The fourth-order valence-corrected chi connectivity index (χ4v) is 1.45. The maximum Gasteiger partial charge on any atom is 0.338 e. The Hall–Kier alpha value is -1.95.